The van der Waals surface area contributed by atoms with Gasteiger partial charge in [-0.3, -0.25) is 4.79 Å². The highest BCUT2D eigenvalue weighted by molar-refractivity contribution is 5.96. The number of carbonyl (C=O) groups excluding carboxylic acids is 2. The van der Waals surface area contributed by atoms with Gasteiger partial charge >= 0.3 is 11.9 Å². The molecule has 0 bridgehead atoms. The molecule has 0 spiro atoms. The molecule has 1 aromatic rings. The summed E-state index contributed by atoms with van der Waals surface area (Å²) in [7, 11) is 1.18. The van der Waals surface area contributed by atoms with E-state index in [2.05, 4.69) is 4.74 Å². The molecule has 0 aliphatic heterocycles. The largest absolute Gasteiger partial charge is 0.463 e. The van der Waals surface area contributed by atoms with E-state index in [4.69, 9.17) is 10.5 Å². The third-order valence-electron chi connectivity index (χ3n) is 1.95. The molecule has 90 valence electrons. The van der Waals surface area contributed by atoms with Gasteiger partial charge in [-0.2, -0.15) is 0 Å². The maximum atomic E-state index is 11.4. The van der Waals surface area contributed by atoms with Crippen molar-refractivity contribution in [2.24, 2.45) is 5.73 Å². The van der Waals surface area contributed by atoms with Gasteiger partial charge in [-0.05, 0) is 0 Å². The van der Waals surface area contributed by atoms with E-state index in [0.717, 1.165) is 0 Å². The lowest BCUT2D eigenvalue weighted by molar-refractivity contribution is -0.148. The summed E-state index contributed by atoms with van der Waals surface area (Å²) < 4.78 is 9.26. The molecular weight excluding hydrogens is 222 g/mol. The first-order chi connectivity index (χ1) is 8.06. The Bertz CT molecular complexity index is 451. The zero-order valence-electron chi connectivity index (χ0n) is 9.60. The van der Waals surface area contributed by atoms with Gasteiger partial charge in [0.1, 0.15) is 0 Å². The second kappa shape index (κ2) is 5.69. The minimum absolute atomic E-state index is 0.0626. The number of nitrogens with two attached hydrogens (primary N) is 1. The van der Waals surface area contributed by atoms with Crippen LogP contribution in [0.25, 0.3) is 5.70 Å². The van der Waals surface area contributed by atoms with Gasteiger partial charge in [0.05, 0.1) is 12.8 Å². The Balaban J connectivity index is 3.18. The molecule has 1 rings (SSSR count). The fourth-order valence-electron chi connectivity index (χ4n) is 1.19. The molecule has 0 fully saturated rings. The van der Waals surface area contributed by atoms with E-state index in [9.17, 15) is 9.59 Å². The molecule has 5 nitrogen and oxygen atoms in total. The first kappa shape index (κ1) is 12.8. The molecule has 0 aliphatic carbocycles. The fourth-order valence-corrected chi connectivity index (χ4v) is 1.19. The van der Waals surface area contributed by atoms with Crippen LogP contribution < -0.4 is 5.73 Å². The Morgan fingerprint density at radius 1 is 1.18 bits per heavy atom. The Morgan fingerprint density at radius 2 is 1.76 bits per heavy atom. The van der Waals surface area contributed by atoms with E-state index in [1.165, 1.54) is 14.0 Å². The number of esters is 2. The topological polar surface area (TPSA) is 78.6 Å². The van der Waals surface area contributed by atoms with Crippen molar-refractivity contribution in [1.82, 2.24) is 0 Å². The van der Waals surface area contributed by atoms with E-state index < -0.39 is 11.9 Å². The number of ether oxygens (including phenoxy) is 2. The zero-order chi connectivity index (χ0) is 12.8. The zero-order valence-corrected chi connectivity index (χ0v) is 9.60. The fraction of sp³-hybridized carbons (Fsp3) is 0.167. The molecule has 0 saturated carbocycles. The number of carbonyl (C=O) groups is 2. The number of methoxy groups -OCH3 is 1. The van der Waals surface area contributed by atoms with Crippen molar-refractivity contribution < 1.29 is 19.1 Å². The number of benzene rings is 1. The minimum atomic E-state index is -0.790. The molecule has 0 amide bonds. The Hall–Kier alpha value is -2.30. The molecule has 17 heavy (non-hydrogen) atoms. The summed E-state index contributed by atoms with van der Waals surface area (Å²) >= 11 is 0. The summed E-state index contributed by atoms with van der Waals surface area (Å²) in [5.74, 6) is -1.72. The number of hydrogen-bond acceptors (Lipinski definition) is 5. The van der Waals surface area contributed by atoms with E-state index in [1.54, 1.807) is 30.3 Å². The lowest BCUT2D eigenvalue weighted by atomic mass is 10.1. The van der Waals surface area contributed by atoms with Crippen molar-refractivity contribution in [3.8, 4) is 0 Å². The van der Waals surface area contributed by atoms with Crippen LogP contribution in [0.4, 0.5) is 0 Å². The second-order valence-electron chi connectivity index (χ2n) is 3.19. The standard InChI is InChI=1S/C12H13NO4/c1-8(14)17-11(12(15)16-2)10(13)9-6-4-3-5-7-9/h3-7H,13H2,1-2H3/b11-10+. The van der Waals surface area contributed by atoms with Crippen LogP contribution in [0.15, 0.2) is 36.1 Å². The first-order valence-corrected chi connectivity index (χ1v) is 4.88. The van der Waals surface area contributed by atoms with Crippen molar-refractivity contribution in [2.45, 2.75) is 6.92 Å². The maximum absolute atomic E-state index is 11.4. The van der Waals surface area contributed by atoms with Gasteiger partial charge in [-0.15, -0.1) is 0 Å². The number of hydrogen-bond donors (Lipinski definition) is 1. The first-order valence-electron chi connectivity index (χ1n) is 4.88. The van der Waals surface area contributed by atoms with E-state index >= 15 is 0 Å². The van der Waals surface area contributed by atoms with Crippen LogP contribution in [0.3, 0.4) is 0 Å². The summed E-state index contributed by atoms with van der Waals surface area (Å²) in [6, 6.07) is 8.71. The lowest BCUT2D eigenvalue weighted by Gasteiger charge is -2.09. The SMILES string of the molecule is COC(=O)/C(OC(C)=O)=C(\N)c1ccccc1. The maximum Gasteiger partial charge on any atom is 0.376 e. The van der Waals surface area contributed by atoms with Crippen LogP contribution in [0, 0.1) is 0 Å². The quantitative estimate of drug-likeness (QED) is 0.481. The molecule has 0 unspecified atom stereocenters. The molecule has 0 atom stereocenters. The van der Waals surface area contributed by atoms with E-state index in [-0.39, 0.29) is 11.5 Å². The molecule has 1 aromatic carbocycles. The Labute approximate surface area is 98.8 Å². The van der Waals surface area contributed by atoms with Gasteiger partial charge in [0.15, 0.2) is 0 Å². The van der Waals surface area contributed by atoms with Crippen molar-refractivity contribution in [2.75, 3.05) is 7.11 Å². The molecule has 0 saturated heterocycles. The third kappa shape index (κ3) is 3.34. The van der Waals surface area contributed by atoms with Crippen LogP contribution in [-0.4, -0.2) is 19.0 Å². The summed E-state index contributed by atoms with van der Waals surface area (Å²) in [4.78, 5) is 22.3. The third-order valence-corrected chi connectivity index (χ3v) is 1.95. The van der Waals surface area contributed by atoms with E-state index in [0.29, 0.717) is 5.56 Å². The Morgan fingerprint density at radius 3 is 2.24 bits per heavy atom. The minimum Gasteiger partial charge on any atom is -0.463 e. The molecule has 0 aliphatic rings. The van der Waals surface area contributed by atoms with Crippen molar-refractivity contribution >= 4 is 17.6 Å². The highest BCUT2D eigenvalue weighted by Gasteiger charge is 2.19. The predicted octanol–water partition coefficient (Wildman–Crippen LogP) is 1.05. The average molecular weight is 235 g/mol. The molecular formula is C12H13NO4. The van der Waals surface area contributed by atoms with Gasteiger partial charge in [0, 0.05) is 12.5 Å². The van der Waals surface area contributed by atoms with Gasteiger partial charge in [-0.25, -0.2) is 4.79 Å². The van der Waals surface area contributed by atoms with Crippen LogP contribution in [0.2, 0.25) is 0 Å². The monoisotopic (exact) mass is 235 g/mol. The summed E-state index contributed by atoms with van der Waals surface area (Å²) in [5, 5.41) is 0. The Kier molecular flexibility index (Phi) is 4.28. The predicted molar refractivity (Wildman–Crippen MR) is 61.3 cm³/mol. The van der Waals surface area contributed by atoms with Gasteiger partial charge in [0.25, 0.3) is 0 Å². The van der Waals surface area contributed by atoms with E-state index in [1.807, 2.05) is 0 Å². The number of rotatable bonds is 3. The summed E-state index contributed by atoms with van der Waals surface area (Å²) in [5.41, 5.74) is 6.41. The van der Waals surface area contributed by atoms with Crippen molar-refractivity contribution in [1.29, 1.82) is 0 Å². The highest BCUT2D eigenvalue weighted by atomic mass is 16.6. The van der Waals surface area contributed by atoms with Crippen molar-refractivity contribution in [3.05, 3.63) is 41.7 Å². The smallest absolute Gasteiger partial charge is 0.376 e. The van der Waals surface area contributed by atoms with Crippen molar-refractivity contribution in [3.63, 3.8) is 0 Å². The van der Waals surface area contributed by atoms with Crippen LogP contribution >= 0.6 is 0 Å². The summed E-state index contributed by atoms with van der Waals surface area (Å²) in [6.07, 6.45) is 0. The van der Waals surface area contributed by atoms with Gasteiger partial charge < -0.3 is 15.2 Å². The lowest BCUT2D eigenvalue weighted by Crippen LogP contribution is -2.16. The normalized spacial score (nSPS) is 11.4. The molecule has 2 N–H and O–H groups in total. The molecule has 0 heterocycles. The molecule has 5 heteroatoms. The summed E-state index contributed by atoms with van der Waals surface area (Å²) in [6.45, 7) is 1.18. The van der Waals surface area contributed by atoms with Crippen LogP contribution in [-0.2, 0) is 19.1 Å². The van der Waals surface area contributed by atoms with Crippen LogP contribution in [0.1, 0.15) is 12.5 Å². The van der Waals surface area contributed by atoms with Crippen LogP contribution in [0.5, 0.6) is 0 Å². The van der Waals surface area contributed by atoms with Gasteiger partial charge in [-0.1, -0.05) is 30.3 Å². The average Bonchev–Trinajstić information content (AvgIpc) is 2.35. The highest BCUT2D eigenvalue weighted by Crippen LogP contribution is 2.15. The second-order valence-corrected chi connectivity index (χ2v) is 3.19. The molecule has 0 aromatic heterocycles. The molecule has 0 radical (unpaired) electrons. The van der Waals surface area contributed by atoms with Gasteiger partial charge in [0.2, 0.25) is 5.76 Å².